The number of fused-ring (bicyclic) bond motifs is 8. The Kier molecular flexibility index (Phi) is 13.0. The minimum atomic E-state index is -1.91. The molecule has 0 radical (unpaired) electrons. The highest BCUT2D eigenvalue weighted by atomic mass is 19.1. The van der Waals surface area contributed by atoms with Gasteiger partial charge in [-0.05, 0) is 101 Å². The van der Waals surface area contributed by atoms with Crippen molar-refractivity contribution in [2.45, 2.75) is 116 Å². The average Bonchev–Trinajstić information content (AvgIpc) is 3.90. The van der Waals surface area contributed by atoms with Gasteiger partial charge in [0.1, 0.15) is 35.4 Å². The number of halogens is 3. The number of esters is 1. The van der Waals surface area contributed by atoms with Crippen molar-refractivity contribution >= 4 is 33.9 Å². The number of aliphatic hydroxyl groups is 1. The first-order valence-electron chi connectivity index (χ1n) is 25.0. The number of ether oxygens (including phenoxy) is 3. The van der Waals surface area contributed by atoms with E-state index in [1.165, 1.54) is 26.0 Å². The number of aromatic amines is 1. The van der Waals surface area contributed by atoms with Crippen LogP contribution in [0.15, 0.2) is 65.5 Å². The number of rotatable bonds is 14. The second kappa shape index (κ2) is 19.1. The number of benzene rings is 3. The van der Waals surface area contributed by atoms with E-state index in [2.05, 4.69) is 9.88 Å². The maximum absolute atomic E-state index is 16.1. The highest BCUT2D eigenvalue weighted by molar-refractivity contribution is 5.90. The Hall–Kier alpha value is -6.23. The Labute approximate surface area is 410 Å². The molecule has 0 aliphatic carbocycles. The Morgan fingerprint density at radius 2 is 1.68 bits per heavy atom. The molecule has 7 heterocycles. The van der Waals surface area contributed by atoms with Crippen LogP contribution >= 0.6 is 0 Å². The Balaban J connectivity index is 0.698. The van der Waals surface area contributed by atoms with E-state index in [1.807, 2.05) is 49.1 Å². The maximum Gasteiger partial charge on any atom is 0.415 e. The summed E-state index contributed by atoms with van der Waals surface area (Å²) in [6.45, 7) is 12.4. The standard InChI is InChI=1S/C55H61F3N6O7/c1-6-35-37-25-33(16-17-45(37)59-48-39(35)29-63-46(48)28-41-40(51(63)65)30-70-52(66)55(41,68)7-2)71-53(67)62-21-19-61(20-22-62)18-12-8-9-13-23-69-34-26-42(56)47(43(57)27-34)50-49-38(36-14-10-11-15-44(36)60-49)24-32(3)64(50)31-54(4,5)58/h10-11,14-17,25-28,32,50,60,68H,6-9,12-13,18-24,29-31H2,1-5H3/t32-,50-,55+/m1/s1. The number of cyclic esters (lactones) is 1. The van der Waals surface area contributed by atoms with Gasteiger partial charge >= 0.3 is 12.1 Å². The van der Waals surface area contributed by atoms with E-state index in [0.717, 1.165) is 58.8 Å². The predicted octanol–water partition coefficient (Wildman–Crippen LogP) is 9.24. The number of para-hydroxylation sites is 1. The molecule has 3 aromatic heterocycles. The van der Waals surface area contributed by atoms with Gasteiger partial charge in [0.15, 0.2) is 5.60 Å². The monoisotopic (exact) mass is 974 g/mol. The molecule has 2 N–H and O–H groups in total. The largest absolute Gasteiger partial charge is 0.493 e. The molecule has 4 aliphatic rings. The molecule has 374 valence electrons. The summed E-state index contributed by atoms with van der Waals surface area (Å²) in [5, 5.41) is 13.1. The third kappa shape index (κ3) is 8.96. The van der Waals surface area contributed by atoms with Gasteiger partial charge in [-0.1, -0.05) is 44.9 Å². The van der Waals surface area contributed by atoms with Crippen LogP contribution in [0.1, 0.15) is 112 Å². The molecular formula is C55H61F3N6O7. The quantitative estimate of drug-likeness (QED) is 0.0800. The minimum absolute atomic E-state index is 0.00815. The number of piperazine rings is 1. The molecule has 10 rings (SSSR count). The van der Waals surface area contributed by atoms with Gasteiger partial charge in [0.2, 0.25) is 0 Å². The van der Waals surface area contributed by atoms with Crippen molar-refractivity contribution in [2.24, 2.45) is 0 Å². The van der Waals surface area contributed by atoms with Crippen LogP contribution in [0.25, 0.3) is 33.2 Å². The summed E-state index contributed by atoms with van der Waals surface area (Å²) in [5.41, 5.74) is 2.87. The van der Waals surface area contributed by atoms with E-state index in [1.54, 1.807) is 34.6 Å². The number of nitrogens with zero attached hydrogens (tertiary/aromatic N) is 5. The van der Waals surface area contributed by atoms with Gasteiger partial charge in [0.25, 0.3) is 5.56 Å². The molecule has 13 nitrogen and oxygen atoms in total. The van der Waals surface area contributed by atoms with Crippen LogP contribution in [0, 0.1) is 11.6 Å². The summed E-state index contributed by atoms with van der Waals surface area (Å²) < 4.78 is 66.0. The topological polar surface area (TPSA) is 142 Å². The first kappa shape index (κ1) is 48.4. The van der Waals surface area contributed by atoms with Crippen molar-refractivity contribution in [3.8, 4) is 22.9 Å². The predicted molar refractivity (Wildman–Crippen MR) is 263 cm³/mol. The fraction of sp³-hybridized carbons (Fsp3) is 0.455. The van der Waals surface area contributed by atoms with E-state index in [-0.39, 0.29) is 60.2 Å². The number of H-pyrrole nitrogens is 1. The van der Waals surface area contributed by atoms with Crippen LogP contribution in [0.3, 0.4) is 0 Å². The number of hydrogen-bond acceptors (Lipinski definition) is 10. The smallest absolute Gasteiger partial charge is 0.415 e. The number of pyridine rings is 2. The van der Waals surface area contributed by atoms with E-state index in [0.29, 0.717) is 80.4 Å². The molecule has 1 fully saturated rings. The zero-order chi connectivity index (χ0) is 49.9. The van der Waals surface area contributed by atoms with Gasteiger partial charge in [0.05, 0.1) is 41.7 Å². The zero-order valence-electron chi connectivity index (χ0n) is 41.0. The molecule has 1 saturated heterocycles. The van der Waals surface area contributed by atoms with Crippen LogP contribution in [0.5, 0.6) is 11.5 Å². The van der Waals surface area contributed by atoms with Gasteiger partial charge in [0, 0.05) is 89.6 Å². The van der Waals surface area contributed by atoms with Crippen molar-refractivity contribution in [1.29, 1.82) is 0 Å². The fourth-order valence-corrected chi connectivity index (χ4v) is 11.3. The molecule has 0 saturated carbocycles. The van der Waals surface area contributed by atoms with Crippen molar-refractivity contribution in [3.05, 3.63) is 122 Å². The fourth-order valence-electron chi connectivity index (χ4n) is 11.3. The first-order valence-corrected chi connectivity index (χ1v) is 25.0. The number of hydrogen-bond donors (Lipinski definition) is 2. The first-order chi connectivity index (χ1) is 34.1. The second-order valence-electron chi connectivity index (χ2n) is 20.2. The average molecular weight is 975 g/mol. The molecule has 0 unspecified atom stereocenters. The maximum atomic E-state index is 16.1. The lowest BCUT2D eigenvalue weighted by molar-refractivity contribution is -0.172. The third-order valence-electron chi connectivity index (χ3n) is 15.0. The summed E-state index contributed by atoms with van der Waals surface area (Å²) in [6, 6.07) is 16.4. The summed E-state index contributed by atoms with van der Waals surface area (Å²) >= 11 is 0. The molecule has 4 aliphatic heterocycles. The normalized spacial score (nSPS) is 20.2. The van der Waals surface area contributed by atoms with Crippen molar-refractivity contribution in [3.63, 3.8) is 0 Å². The van der Waals surface area contributed by atoms with Crippen LogP contribution in [0.2, 0.25) is 0 Å². The summed E-state index contributed by atoms with van der Waals surface area (Å²) in [4.78, 5) is 54.0. The third-order valence-corrected chi connectivity index (χ3v) is 15.0. The molecule has 0 spiro atoms. The molecular weight excluding hydrogens is 914 g/mol. The highest BCUT2D eigenvalue weighted by Gasteiger charge is 2.46. The number of alkyl halides is 1. The lowest BCUT2D eigenvalue weighted by Crippen LogP contribution is -2.49. The highest BCUT2D eigenvalue weighted by Crippen LogP contribution is 2.45. The minimum Gasteiger partial charge on any atom is -0.493 e. The molecule has 71 heavy (non-hydrogen) atoms. The van der Waals surface area contributed by atoms with E-state index >= 15 is 13.2 Å². The van der Waals surface area contributed by atoms with Crippen molar-refractivity contribution in [2.75, 3.05) is 45.9 Å². The van der Waals surface area contributed by atoms with Crippen molar-refractivity contribution < 1.29 is 42.1 Å². The van der Waals surface area contributed by atoms with Crippen LogP contribution in [-0.2, 0) is 41.1 Å². The van der Waals surface area contributed by atoms with Crippen LogP contribution in [0.4, 0.5) is 18.0 Å². The van der Waals surface area contributed by atoms with Gasteiger partial charge in [-0.25, -0.2) is 27.7 Å². The lowest BCUT2D eigenvalue weighted by atomic mass is 9.86. The zero-order valence-corrected chi connectivity index (χ0v) is 41.0. The number of unbranched alkanes of at least 4 members (excludes halogenated alkanes) is 3. The van der Waals surface area contributed by atoms with Gasteiger partial charge in [-0.15, -0.1) is 0 Å². The SMILES string of the molecule is CCc1c2c(nc3ccc(OC(=O)N4CCN(CCCCCCOc5cc(F)c([C@@H]6c7[nH]c8ccccc8c7C[C@@H](C)N6CC(C)(C)F)c(F)c5)CC4)cc13)-c1cc3c(c(=O)n1C2)COC(=O)[C@]3(O)CC. The van der Waals surface area contributed by atoms with E-state index in [9.17, 15) is 19.5 Å². The summed E-state index contributed by atoms with van der Waals surface area (Å²) in [5.74, 6) is -1.70. The molecule has 3 atom stereocenters. The Morgan fingerprint density at radius 3 is 2.41 bits per heavy atom. The Morgan fingerprint density at radius 1 is 0.930 bits per heavy atom. The van der Waals surface area contributed by atoms with Gasteiger partial charge in [-0.2, -0.15) is 0 Å². The van der Waals surface area contributed by atoms with Gasteiger partial charge < -0.3 is 33.8 Å². The van der Waals surface area contributed by atoms with E-state index in [4.69, 9.17) is 19.2 Å². The Bertz CT molecular complexity index is 3100. The molecule has 3 aromatic carbocycles. The molecule has 0 bridgehead atoms. The van der Waals surface area contributed by atoms with Crippen LogP contribution < -0.4 is 15.0 Å². The van der Waals surface area contributed by atoms with Gasteiger partial charge in [-0.3, -0.25) is 14.6 Å². The molecule has 6 aromatic rings. The number of aryl methyl sites for hydroxylation is 1. The summed E-state index contributed by atoms with van der Waals surface area (Å²) in [6.07, 6.45) is 4.39. The number of carbonyl (C=O) groups excluding carboxylic acids is 2. The molecule has 1 amide bonds. The van der Waals surface area contributed by atoms with E-state index < -0.39 is 41.0 Å². The molecule has 16 heteroatoms. The number of aromatic nitrogens is 3. The number of nitrogens with one attached hydrogen (secondary N) is 1. The van der Waals surface area contributed by atoms with Crippen molar-refractivity contribution in [1.82, 2.24) is 29.2 Å². The second-order valence-corrected chi connectivity index (χ2v) is 20.2. The lowest BCUT2D eigenvalue weighted by Gasteiger charge is -2.43. The van der Waals surface area contributed by atoms with Crippen LogP contribution in [-0.4, -0.2) is 104 Å². The number of carbonyl (C=O) groups is 2. The summed E-state index contributed by atoms with van der Waals surface area (Å²) in [7, 11) is 0. The number of amides is 1.